The second-order valence-electron chi connectivity index (χ2n) is 7.24. The summed E-state index contributed by atoms with van der Waals surface area (Å²) in [6.45, 7) is 0. The number of hydrogen-bond donors (Lipinski definition) is 1. The number of benzene rings is 3. The Hall–Kier alpha value is -1.54. The molecular weight excluding hydrogens is 385 g/mol. The topological polar surface area (TPSA) is 15.8 Å². The van der Waals surface area contributed by atoms with E-state index in [1.807, 2.05) is 0 Å². The van der Waals surface area contributed by atoms with Gasteiger partial charge in [-0.25, -0.2) is 0 Å². The van der Waals surface area contributed by atoms with Crippen molar-refractivity contribution in [1.29, 1.82) is 0 Å². The molecular formula is C18HB11ClN. The van der Waals surface area contributed by atoms with E-state index >= 15 is 0 Å². The molecule has 0 spiro atoms. The summed E-state index contributed by atoms with van der Waals surface area (Å²) in [6.07, 6.45) is 0. The Bertz CT molecular complexity index is 1430. The summed E-state index contributed by atoms with van der Waals surface area (Å²) in [6, 6.07) is 0. The monoisotopic (exact) mass is 387 g/mol. The second-order valence-corrected chi connectivity index (χ2v) is 7.62. The quantitative estimate of drug-likeness (QED) is 0.314. The number of nitrogens with one attached hydrogen (secondary N) is 1. The Morgan fingerprint density at radius 3 is 1.32 bits per heavy atom. The smallest absolute Gasteiger partial charge is 0.116 e. The van der Waals surface area contributed by atoms with Gasteiger partial charge in [-0.2, -0.15) is 0 Å². The summed E-state index contributed by atoms with van der Waals surface area (Å²) >= 11 is 6.33. The summed E-state index contributed by atoms with van der Waals surface area (Å²) < 4.78 is 0. The summed E-state index contributed by atoms with van der Waals surface area (Å²) in [7, 11) is 68.0. The highest BCUT2D eigenvalue weighted by atomic mass is 35.5. The molecule has 0 aliphatic heterocycles. The van der Waals surface area contributed by atoms with Crippen LogP contribution in [0.4, 0.5) is 0 Å². The maximum absolute atomic E-state index is 6.39. The van der Waals surface area contributed by atoms with Crippen LogP contribution in [0, 0.1) is 0 Å². The van der Waals surface area contributed by atoms with E-state index in [-0.39, 0.29) is 70.7 Å². The Morgan fingerprint density at radius 1 is 0.387 bits per heavy atom. The van der Waals surface area contributed by atoms with Crippen molar-refractivity contribution in [3.8, 4) is 11.1 Å². The number of hydrogen-bond acceptors (Lipinski definition) is 0. The van der Waals surface area contributed by atoms with Crippen molar-refractivity contribution in [3.63, 3.8) is 0 Å². The van der Waals surface area contributed by atoms with E-state index < -0.39 is 0 Å². The third-order valence-electron chi connectivity index (χ3n) is 5.62. The molecule has 0 aliphatic carbocycles. The van der Waals surface area contributed by atoms with E-state index in [0.29, 0.717) is 27.4 Å². The third kappa shape index (κ3) is 2.93. The van der Waals surface area contributed by atoms with Gasteiger partial charge >= 0.3 is 0 Å². The van der Waals surface area contributed by atoms with Gasteiger partial charge in [-0.3, -0.25) is 0 Å². The Balaban J connectivity index is 2.40. The largest absolute Gasteiger partial charge is 0.356 e. The lowest BCUT2D eigenvalue weighted by Gasteiger charge is -2.25. The summed E-state index contributed by atoms with van der Waals surface area (Å²) in [5.74, 6) is 0. The summed E-state index contributed by atoms with van der Waals surface area (Å²) in [5.41, 5.74) is 2.30. The molecule has 0 unspecified atom stereocenters. The van der Waals surface area contributed by atoms with Crippen LogP contribution in [0.25, 0.3) is 32.9 Å². The van der Waals surface area contributed by atoms with Crippen molar-refractivity contribution in [2.45, 2.75) is 0 Å². The van der Waals surface area contributed by atoms with E-state index in [4.69, 9.17) is 97.9 Å². The van der Waals surface area contributed by atoms with Crippen LogP contribution in [0.2, 0.25) is 5.02 Å². The fourth-order valence-corrected chi connectivity index (χ4v) is 4.06. The molecule has 13 heteroatoms. The zero-order valence-corrected chi connectivity index (χ0v) is 17.0. The SMILES string of the molecule is [B]c1c([B])c([B])c(-c2c([B])c([B])c([B])c3[nH]c4c([B])c([B])c(Cl)c([B])c4c23)c([B])c1[B]. The molecule has 22 radical (unpaired) electrons. The minimum absolute atomic E-state index is 0.0410. The van der Waals surface area contributed by atoms with Crippen LogP contribution in [-0.2, 0) is 0 Å². The van der Waals surface area contributed by atoms with Gasteiger partial charge in [0.2, 0.25) is 0 Å². The molecule has 1 heterocycles. The minimum atomic E-state index is 0.0410. The number of H-pyrrole nitrogens is 1. The number of fused-ring (bicyclic) bond motifs is 3. The van der Waals surface area contributed by atoms with Gasteiger partial charge in [0.25, 0.3) is 0 Å². The van der Waals surface area contributed by atoms with Gasteiger partial charge in [-0.1, -0.05) is 49.8 Å². The average molecular weight is 386 g/mol. The number of rotatable bonds is 1. The van der Waals surface area contributed by atoms with E-state index in [1.54, 1.807) is 0 Å². The highest BCUT2D eigenvalue weighted by molar-refractivity contribution is 6.71. The van der Waals surface area contributed by atoms with Crippen LogP contribution < -0.4 is 60.1 Å². The highest BCUT2D eigenvalue weighted by Gasteiger charge is 2.23. The molecule has 0 atom stereocenters. The van der Waals surface area contributed by atoms with E-state index in [0.717, 1.165) is 0 Å². The van der Waals surface area contributed by atoms with Gasteiger partial charge in [0, 0.05) is 26.8 Å². The molecule has 1 aromatic heterocycles. The van der Waals surface area contributed by atoms with E-state index in [2.05, 4.69) is 4.98 Å². The van der Waals surface area contributed by atoms with Crippen molar-refractivity contribution in [2.75, 3.05) is 0 Å². The standard InChI is InChI=1S/C18HB11ClN/c19-5-1(3-6(20)9(23)12(26)10(24)7(3)21)2-4-8(22)16(30)13(27)15(29)18(4)31-17(2)14(28)11(5)25/h31H. The summed E-state index contributed by atoms with van der Waals surface area (Å²) in [5, 5.41) is 0.906. The third-order valence-corrected chi connectivity index (χ3v) is 6.03. The predicted octanol–water partition coefficient (Wildman–Crippen LogP) is -7.63. The molecule has 0 amide bonds. The number of aromatic amines is 1. The fourth-order valence-electron chi connectivity index (χ4n) is 3.86. The predicted molar refractivity (Wildman–Crippen MR) is 146 cm³/mol. The zero-order chi connectivity index (χ0) is 23.1. The molecule has 4 aromatic rings. The second kappa shape index (κ2) is 7.51. The Kier molecular flexibility index (Phi) is 5.49. The Labute approximate surface area is 200 Å². The van der Waals surface area contributed by atoms with Gasteiger partial charge in [0.15, 0.2) is 0 Å². The van der Waals surface area contributed by atoms with Gasteiger partial charge in [0.05, 0.1) is 0 Å². The molecule has 0 bridgehead atoms. The lowest BCUT2D eigenvalue weighted by atomic mass is 9.58. The maximum atomic E-state index is 6.39. The van der Waals surface area contributed by atoms with Crippen LogP contribution in [0.3, 0.4) is 0 Å². The number of aromatic nitrogens is 1. The van der Waals surface area contributed by atoms with Gasteiger partial charge in [-0.05, 0) is 11.1 Å². The lowest BCUT2D eigenvalue weighted by Crippen LogP contribution is -2.56. The molecule has 4 rings (SSSR count). The van der Waals surface area contributed by atoms with Crippen LogP contribution in [0.1, 0.15) is 0 Å². The highest BCUT2D eigenvalue weighted by Crippen LogP contribution is 2.29. The van der Waals surface area contributed by atoms with Crippen LogP contribution in [-0.4, -0.2) is 91.3 Å². The van der Waals surface area contributed by atoms with Gasteiger partial charge < -0.3 is 4.98 Å². The van der Waals surface area contributed by atoms with Crippen molar-refractivity contribution in [2.24, 2.45) is 0 Å². The Morgan fingerprint density at radius 2 is 0.774 bits per heavy atom. The molecule has 31 heavy (non-hydrogen) atoms. The van der Waals surface area contributed by atoms with Crippen LogP contribution in [0.15, 0.2) is 0 Å². The first-order valence-electron chi connectivity index (χ1n) is 8.86. The molecule has 0 aliphatic rings. The fraction of sp³-hybridized carbons (Fsp3) is 0. The van der Waals surface area contributed by atoms with Crippen molar-refractivity contribution in [3.05, 3.63) is 5.02 Å². The first-order valence-corrected chi connectivity index (χ1v) is 9.24. The average Bonchev–Trinajstić information content (AvgIpc) is 3.14. The van der Waals surface area contributed by atoms with Crippen LogP contribution >= 0.6 is 11.6 Å². The molecule has 3 aromatic carbocycles. The van der Waals surface area contributed by atoms with Crippen molar-refractivity contribution >= 4 is 180 Å². The molecule has 0 saturated carbocycles. The van der Waals surface area contributed by atoms with Crippen LogP contribution in [0.5, 0.6) is 0 Å². The maximum Gasteiger partial charge on any atom is 0.116 e. The molecule has 1 N–H and O–H groups in total. The van der Waals surface area contributed by atoms with E-state index in [1.165, 1.54) is 0 Å². The van der Waals surface area contributed by atoms with Crippen molar-refractivity contribution in [1.82, 2.24) is 4.98 Å². The lowest BCUT2D eigenvalue weighted by molar-refractivity contribution is 1.59. The van der Waals surface area contributed by atoms with Crippen molar-refractivity contribution < 1.29 is 0 Å². The summed E-state index contributed by atoms with van der Waals surface area (Å²) in [4.78, 5) is 3.11. The van der Waals surface area contributed by atoms with Gasteiger partial charge in [0.1, 0.15) is 86.3 Å². The minimum Gasteiger partial charge on any atom is -0.356 e. The normalized spacial score (nSPS) is 11.5. The molecule has 1 nitrogen and oxygen atoms in total. The first-order chi connectivity index (χ1) is 14.4. The van der Waals surface area contributed by atoms with E-state index in [9.17, 15) is 0 Å². The zero-order valence-electron chi connectivity index (χ0n) is 16.2. The first kappa shape index (κ1) is 22.7. The molecule has 0 fully saturated rings. The number of halogens is 1. The molecule has 0 saturated heterocycles. The molecule has 118 valence electrons. The van der Waals surface area contributed by atoms with Gasteiger partial charge in [-0.15, -0.1) is 21.9 Å².